The van der Waals surface area contributed by atoms with Crippen LogP contribution in [0.5, 0.6) is 0 Å². The van der Waals surface area contributed by atoms with Gasteiger partial charge < -0.3 is 10.1 Å². The van der Waals surface area contributed by atoms with E-state index in [1.165, 1.54) is 17.5 Å². The molecule has 0 aromatic heterocycles. The number of ether oxygens (including phenoxy) is 1. The molecule has 0 spiro atoms. The van der Waals surface area contributed by atoms with Gasteiger partial charge in [-0.25, -0.2) is 0 Å². The summed E-state index contributed by atoms with van der Waals surface area (Å²) in [4.78, 5) is 0. The van der Waals surface area contributed by atoms with Gasteiger partial charge in [-0.05, 0) is 37.8 Å². The zero-order valence-corrected chi connectivity index (χ0v) is 10.2. The molecule has 88 valence electrons. The smallest absolute Gasteiger partial charge is 0.0727 e. The Hall–Kier alpha value is -0.860. The molecule has 1 fully saturated rings. The first kappa shape index (κ1) is 11.6. The van der Waals surface area contributed by atoms with E-state index >= 15 is 0 Å². The van der Waals surface area contributed by atoms with Crippen LogP contribution in [-0.2, 0) is 11.2 Å². The molecule has 0 aliphatic carbocycles. The zero-order chi connectivity index (χ0) is 11.4. The van der Waals surface area contributed by atoms with E-state index in [0.29, 0.717) is 12.0 Å². The van der Waals surface area contributed by atoms with Gasteiger partial charge in [-0.3, -0.25) is 0 Å². The van der Waals surface area contributed by atoms with E-state index in [1.54, 1.807) is 0 Å². The molecule has 1 aliphatic rings. The summed E-state index contributed by atoms with van der Waals surface area (Å²) < 4.78 is 5.54. The molecule has 2 rings (SSSR count). The van der Waals surface area contributed by atoms with Gasteiger partial charge in [-0.2, -0.15) is 0 Å². The van der Waals surface area contributed by atoms with Crippen molar-refractivity contribution >= 4 is 0 Å². The van der Waals surface area contributed by atoms with E-state index in [-0.39, 0.29) is 0 Å². The van der Waals surface area contributed by atoms with Crippen molar-refractivity contribution in [1.82, 2.24) is 5.32 Å². The monoisotopic (exact) mass is 219 g/mol. The van der Waals surface area contributed by atoms with Crippen LogP contribution in [-0.4, -0.2) is 26.3 Å². The third-order valence-electron chi connectivity index (χ3n) is 3.45. The maximum absolute atomic E-state index is 5.54. The predicted molar refractivity (Wildman–Crippen MR) is 66.7 cm³/mol. The molecule has 2 atom stereocenters. The molecule has 0 amide bonds. The predicted octanol–water partition coefficient (Wildman–Crippen LogP) is 2.16. The van der Waals surface area contributed by atoms with Gasteiger partial charge in [0.2, 0.25) is 0 Å². The van der Waals surface area contributed by atoms with Crippen molar-refractivity contribution in [2.45, 2.75) is 25.9 Å². The molecule has 1 heterocycles. The van der Waals surface area contributed by atoms with Crippen LogP contribution >= 0.6 is 0 Å². The van der Waals surface area contributed by atoms with Crippen LogP contribution in [0.25, 0.3) is 0 Å². The Morgan fingerprint density at radius 3 is 3.06 bits per heavy atom. The average Bonchev–Trinajstić information content (AvgIpc) is 2.30. The summed E-state index contributed by atoms with van der Waals surface area (Å²) in [6.45, 7) is 4.27. The second-order valence-electron chi connectivity index (χ2n) is 4.72. The number of rotatable bonds is 3. The SMILES string of the molecule is CO[C@H]1CNCC[C@@H]1Cc1cccc(C)c1. The number of hydrogen-bond donors (Lipinski definition) is 1. The molecular weight excluding hydrogens is 198 g/mol. The summed E-state index contributed by atoms with van der Waals surface area (Å²) in [6, 6.07) is 8.81. The average molecular weight is 219 g/mol. The van der Waals surface area contributed by atoms with Gasteiger partial charge in [-0.15, -0.1) is 0 Å². The standard InChI is InChI=1S/C14H21NO/c1-11-4-3-5-12(8-11)9-13-6-7-15-10-14(13)16-2/h3-5,8,13-15H,6-7,9-10H2,1-2H3/t13-,14+/m1/s1. The van der Waals surface area contributed by atoms with Crippen LogP contribution in [0.4, 0.5) is 0 Å². The van der Waals surface area contributed by atoms with Gasteiger partial charge in [0, 0.05) is 13.7 Å². The molecule has 1 aromatic rings. The van der Waals surface area contributed by atoms with Crippen molar-refractivity contribution in [1.29, 1.82) is 0 Å². The second kappa shape index (κ2) is 5.46. The van der Waals surface area contributed by atoms with Crippen molar-refractivity contribution < 1.29 is 4.74 Å². The lowest BCUT2D eigenvalue weighted by Gasteiger charge is -2.31. The van der Waals surface area contributed by atoms with Crippen molar-refractivity contribution in [3.63, 3.8) is 0 Å². The molecule has 0 radical (unpaired) electrons. The number of hydrogen-bond acceptors (Lipinski definition) is 2. The third kappa shape index (κ3) is 2.83. The van der Waals surface area contributed by atoms with Crippen LogP contribution in [0.1, 0.15) is 17.5 Å². The van der Waals surface area contributed by atoms with Gasteiger partial charge in [0.1, 0.15) is 0 Å². The number of piperidine rings is 1. The summed E-state index contributed by atoms with van der Waals surface area (Å²) in [5.74, 6) is 0.660. The van der Waals surface area contributed by atoms with E-state index in [0.717, 1.165) is 19.5 Å². The minimum absolute atomic E-state index is 0.370. The Morgan fingerprint density at radius 1 is 1.44 bits per heavy atom. The molecule has 0 unspecified atom stereocenters. The van der Waals surface area contributed by atoms with E-state index in [9.17, 15) is 0 Å². The Morgan fingerprint density at radius 2 is 2.31 bits per heavy atom. The molecule has 2 heteroatoms. The van der Waals surface area contributed by atoms with Gasteiger partial charge >= 0.3 is 0 Å². The molecular formula is C14H21NO. The molecule has 1 N–H and O–H groups in total. The molecule has 0 bridgehead atoms. The van der Waals surface area contributed by atoms with Crippen LogP contribution in [0.2, 0.25) is 0 Å². The largest absolute Gasteiger partial charge is 0.380 e. The Kier molecular flexibility index (Phi) is 3.97. The molecule has 1 saturated heterocycles. The fourth-order valence-electron chi connectivity index (χ4n) is 2.54. The minimum Gasteiger partial charge on any atom is -0.380 e. The number of benzene rings is 1. The highest BCUT2D eigenvalue weighted by Crippen LogP contribution is 2.21. The minimum atomic E-state index is 0.370. The first-order valence-electron chi connectivity index (χ1n) is 6.08. The summed E-state index contributed by atoms with van der Waals surface area (Å²) in [7, 11) is 1.82. The highest BCUT2D eigenvalue weighted by Gasteiger charge is 2.24. The second-order valence-corrected chi connectivity index (χ2v) is 4.72. The molecule has 1 aromatic carbocycles. The fourth-order valence-corrected chi connectivity index (χ4v) is 2.54. The van der Waals surface area contributed by atoms with Crippen LogP contribution in [0, 0.1) is 12.8 Å². The van der Waals surface area contributed by atoms with Gasteiger partial charge in [0.15, 0.2) is 0 Å². The van der Waals surface area contributed by atoms with Crippen LogP contribution in [0.15, 0.2) is 24.3 Å². The summed E-state index contributed by atoms with van der Waals surface area (Å²) in [5, 5.41) is 3.39. The van der Waals surface area contributed by atoms with Gasteiger partial charge in [0.25, 0.3) is 0 Å². The summed E-state index contributed by atoms with van der Waals surface area (Å²) >= 11 is 0. The van der Waals surface area contributed by atoms with Crippen molar-refractivity contribution in [3.05, 3.63) is 35.4 Å². The topological polar surface area (TPSA) is 21.3 Å². The van der Waals surface area contributed by atoms with E-state index in [2.05, 4.69) is 36.5 Å². The summed E-state index contributed by atoms with van der Waals surface area (Å²) in [6.07, 6.45) is 2.73. The third-order valence-corrected chi connectivity index (χ3v) is 3.45. The molecule has 16 heavy (non-hydrogen) atoms. The highest BCUT2D eigenvalue weighted by molar-refractivity contribution is 5.22. The molecule has 1 aliphatic heterocycles. The summed E-state index contributed by atoms with van der Waals surface area (Å²) in [5.41, 5.74) is 2.79. The Balaban J connectivity index is 2.02. The van der Waals surface area contributed by atoms with E-state index < -0.39 is 0 Å². The van der Waals surface area contributed by atoms with E-state index in [4.69, 9.17) is 4.74 Å². The Labute approximate surface area is 98.0 Å². The van der Waals surface area contributed by atoms with Crippen LogP contribution in [0.3, 0.4) is 0 Å². The normalized spacial score (nSPS) is 25.6. The quantitative estimate of drug-likeness (QED) is 0.841. The lowest BCUT2D eigenvalue weighted by atomic mass is 9.88. The fraction of sp³-hybridized carbons (Fsp3) is 0.571. The van der Waals surface area contributed by atoms with Crippen molar-refractivity contribution in [3.8, 4) is 0 Å². The van der Waals surface area contributed by atoms with Crippen molar-refractivity contribution in [2.75, 3.05) is 20.2 Å². The van der Waals surface area contributed by atoms with Gasteiger partial charge in [0.05, 0.1) is 6.10 Å². The first-order valence-corrected chi connectivity index (χ1v) is 6.08. The molecule has 0 saturated carbocycles. The lowest BCUT2D eigenvalue weighted by molar-refractivity contribution is 0.0341. The first-order chi connectivity index (χ1) is 7.79. The lowest BCUT2D eigenvalue weighted by Crippen LogP contribution is -2.42. The molecule has 2 nitrogen and oxygen atoms in total. The van der Waals surface area contributed by atoms with Crippen LogP contribution < -0.4 is 5.32 Å². The Bertz CT molecular complexity index is 337. The number of aryl methyl sites for hydroxylation is 1. The highest BCUT2D eigenvalue weighted by atomic mass is 16.5. The number of methoxy groups -OCH3 is 1. The zero-order valence-electron chi connectivity index (χ0n) is 10.2. The number of nitrogens with one attached hydrogen (secondary N) is 1. The maximum atomic E-state index is 5.54. The van der Waals surface area contributed by atoms with Gasteiger partial charge in [-0.1, -0.05) is 29.8 Å². The van der Waals surface area contributed by atoms with Crippen molar-refractivity contribution in [2.24, 2.45) is 5.92 Å². The maximum Gasteiger partial charge on any atom is 0.0727 e. The van der Waals surface area contributed by atoms with E-state index in [1.807, 2.05) is 7.11 Å².